The van der Waals surface area contributed by atoms with Crippen LogP contribution >= 0.6 is 0 Å². The second-order valence-corrected chi connectivity index (χ2v) is 4.68. The van der Waals surface area contributed by atoms with Gasteiger partial charge in [0.25, 0.3) is 0 Å². The molecule has 1 aliphatic rings. The highest BCUT2D eigenvalue weighted by Crippen LogP contribution is 2.31. The minimum atomic E-state index is -0.326. The maximum absolute atomic E-state index is 13.3. The molecule has 1 saturated carbocycles. The molecule has 0 spiro atoms. The summed E-state index contributed by atoms with van der Waals surface area (Å²) in [5.74, 6) is 0.547. The van der Waals surface area contributed by atoms with Crippen LogP contribution in [0.2, 0.25) is 0 Å². The highest BCUT2D eigenvalue weighted by Gasteiger charge is 2.18. The molecule has 1 fully saturated rings. The number of para-hydroxylation sites is 1. The van der Waals surface area contributed by atoms with E-state index < -0.39 is 0 Å². The Kier molecular flexibility index (Phi) is 3.32. The van der Waals surface area contributed by atoms with E-state index in [-0.39, 0.29) is 11.5 Å². The van der Waals surface area contributed by atoms with Crippen molar-refractivity contribution >= 4 is 11.4 Å². The number of benzene rings is 1. The Bertz CT molecular complexity index is 361. The number of hydrogen-bond donors (Lipinski definition) is 1. The van der Waals surface area contributed by atoms with Gasteiger partial charge in [0.2, 0.25) is 0 Å². The summed E-state index contributed by atoms with van der Waals surface area (Å²) in [7, 11) is 1.98. The predicted octanol–water partition coefficient (Wildman–Crippen LogP) is 3.03. The summed E-state index contributed by atoms with van der Waals surface area (Å²) >= 11 is 0. The zero-order valence-electron chi connectivity index (χ0n) is 9.75. The Morgan fingerprint density at radius 3 is 2.81 bits per heavy atom. The SMILES string of the molecule is CN(CCC1CCC1)c1cccc(F)c1N. The summed E-state index contributed by atoms with van der Waals surface area (Å²) < 4.78 is 13.3. The molecule has 0 atom stereocenters. The molecule has 0 saturated heterocycles. The highest BCUT2D eigenvalue weighted by molar-refractivity contribution is 5.67. The first-order valence-electron chi connectivity index (χ1n) is 5.93. The van der Waals surface area contributed by atoms with E-state index in [1.54, 1.807) is 6.07 Å². The van der Waals surface area contributed by atoms with Crippen LogP contribution in [-0.4, -0.2) is 13.6 Å². The monoisotopic (exact) mass is 222 g/mol. The summed E-state index contributed by atoms with van der Waals surface area (Å²) in [5.41, 5.74) is 6.79. The van der Waals surface area contributed by atoms with E-state index in [2.05, 4.69) is 4.90 Å². The maximum Gasteiger partial charge on any atom is 0.148 e. The molecule has 0 aromatic heterocycles. The number of nitrogens with two attached hydrogens (primary N) is 1. The first-order valence-corrected chi connectivity index (χ1v) is 5.93. The van der Waals surface area contributed by atoms with Crippen molar-refractivity contribution in [3.05, 3.63) is 24.0 Å². The van der Waals surface area contributed by atoms with Crippen LogP contribution in [0.3, 0.4) is 0 Å². The fraction of sp³-hybridized carbons (Fsp3) is 0.538. The normalized spacial score (nSPS) is 15.9. The molecule has 0 bridgehead atoms. The molecule has 88 valence electrons. The lowest BCUT2D eigenvalue weighted by molar-refractivity contribution is 0.299. The minimum absolute atomic E-state index is 0.263. The van der Waals surface area contributed by atoms with Gasteiger partial charge in [-0.25, -0.2) is 4.39 Å². The summed E-state index contributed by atoms with van der Waals surface area (Å²) in [5, 5.41) is 0. The molecule has 16 heavy (non-hydrogen) atoms. The first-order chi connectivity index (χ1) is 7.68. The van der Waals surface area contributed by atoms with Crippen molar-refractivity contribution in [2.24, 2.45) is 5.92 Å². The summed E-state index contributed by atoms with van der Waals surface area (Å²) in [6, 6.07) is 4.98. The maximum atomic E-state index is 13.3. The zero-order valence-corrected chi connectivity index (χ0v) is 9.75. The molecule has 0 amide bonds. The molecule has 3 heteroatoms. The van der Waals surface area contributed by atoms with Gasteiger partial charge < -0.3 is 10.6 Å². The summed E-state index contributed by atoms with van der Waals surface area (Å²) in [4.78, 5) is 2.05. The van der Waals surface area contributed by atoms with Crippen molar-refractivity contribution in [2.45, 2.75) is 25.7 Å². The van der Waals surface area contributed by atoms with Crippen LogP contribution in [0.4, 0.5) is 15.8 Å². The fourth-order valence-electron chi connectivity index (χ4n) is 2.14. The van der Waals surface area contributed by atoms with Crippen molar-refractivity contribution in [3.8, 4) is 0 Å². The lowest BCUT2D eigenvalue weighted by Gasteiger charge is -2.29. The van der Waals surface area contributed by atoms with E-state index in [1.807, 2.05) is 13.1 Å². The lowest BCUT2D eigenvalue weighted by atomic mass is 9.83. The second-order valence-electron chi connectivity index (χ2n) is 4.68. The van der Waals surface area contributed by atoms with E-state index in [9.17, 15) is 4.39 Å². The van der Waals surface area contributed by atoms with Gasteiger partial charge in [0.05, 0.1) is 11.4 Å². The van der Waals surface area contributed by atoms with Crippen molar-refractivity contribution in [1.29, 1.82) is 0 Å². The van der Waals surface area contributed by atoms with Gasteiger partial charge in [-0.15, -0.1) is 0 Å². The third kappa shape index (κ3) is 2.29. The van der Waals surface area contributed by atoms with Gasteiger partial charge in [-0.3, -0.25) is 0 Å². The number of rotatable bonds is 4. The molecule has 1 aromatic rings. The van der Waals surface area contributed by atoms with Crippen molar-refractivity contribution in [1.82, 2.24) is 0 Å². The number of nitrogen functional groups attached to an aromatic ring is 1. The Hall–Kier alpha value is -1.25. The predicted molar refractivity (Wildman–Crippen MR) is 66.0 cm³/mol. The third-order valence-electron chi connectivity index (χ3n) is 3.54. The van der Waals surface area contributed by atoms with E-state index in [1.165, 1.54) is 31.7 Å². The van der Waals surface area contributed by atoms with Crippen molar-refractivity contribution in [2.75, 3.05) is 24.2 Å². The third-order valence-corrected chi connectivity index (χ3v) is 3.54. The van der Waals surface area contributed by atoms with Crippen molar-refractivity contribution < 1.29 is 4.39 Å². The average Bonchev–Trinajstić information content (AvgIpc) is 2.19. The molecule has 0 aliphatic heterocycles. The van der Waals surface area contributed by atoms with Crippen LogP contribution < -0.4 is 10.6 Å². The lowest BCUT2D eigenvalue weighted by Crippen LogP contribution is -2.24. The quantitative estimate of drug-likeness (QED) is 0.793. The molecule has 1 aromatic carbocycles. The number of hydrogen-bond acceptors (Lipinski definition) is 2. The van der Waals surface area contributed by atoms with Crippen molar-refractivity contribution in [3.63, 3.8) is 0 Å². The van der Waals surface area contributed by atoms with Crippen LogP contribution in [0.25, 0.3) is 0 Å². The molecule has 2 N–H and O–H groups in total. The fourth-order valence-corrected chi connectivity index (χ4v) is 2.14. The van der Waals surface area contributed by atoms with Gasteiger partial charge in [0.1, 0.15) is 5.82 Å². The average molecular weight is 222 g/mol. The number of nitrogens with zero attached hydrogens (tertiary/aromatic N) is 1. The Morgan fingerprint density at radius 1 is 1.44 bits per heavy atom. The zero-order chi connectivity index (χ0) is 11.5. The van der Waals surface area contributed by atoms with Gasteiger partial charge >= 0.3 is 0 Å². The molecule has 2 nitrogen and oxygen atoms in total. The van der Waals surface area contributed by atoms with E-state index in [4.69, 9.17) is 5.73 Å². The van der Waals surface area contributed by atoms with E-state index in [0.29, 0.717) is 0 Å². The topological polar surface area (TPSA) is 29.3 Å². The van der Waals surface area contributed by atoms with Crippen LogP contribution in [0.1, 0.15) is 25.7 Å². The number of anilines is 2. The highest BCUT2D eigenvalue weighted by atomic mass is 19.1. The van der Waals surface area contributed by atoms with Gasteiger partial charge in [-0.2, -0.15) is 0 Å². The Labute approximate surface area is 96.2 Å². The summed E-state index contributed by atoms with van der Waals surface area (Å²) in [6.07, 6.45) is 5.27. The molecule has 0 heterocycles. The molecule has 0 unspecified atom stereocenters. The Morgan fingerprint density at radius 2 is 2.19 bits per heavy atom. The minimum Gasteiger partial charge on any atom is -0.395 e. The van der Waals surface area contributed by atoms with E-state index >= 15 is 0 Å². The molecular weight excluding hydrogens is 203 g/mol. The second kappa shape index (κ2) is 4.73. The van der Waals surface area contributed by atoms with Crippen LogP contribution in [0.5, 0.6) is 0 Å². The first kappa shape index (κ1) is 11.2. The smallest absolute Gasteiger partial charge is 0.148 e. The molecular formula is C13H19FN2. The standard InChI is InChI=1S/C13H19FN2/c1-16(9-8-10-4-2-5-10)12-7-3-6-11(14)13(12)15/h3,6-7,10H,2,4-5,8-9,15H2,1H3. The van der Waals surface area contributed by atoms with Gasteiger partial charge in [-0.1, -0.05) is 25.3 Å². The number of halogens is 1. The molecule has 1 aliphatic carbocycles. The summed E-state index contributed by atoms with van der Waals surface area (Å²) in [6.45, 7) is 0.957. The largest absolute Gasteiger partial charge is 0.395 e. The van der Waals surface area contributed by atoms with Crippen LogP contribution in [0, 0.1) is 11.7 Å². The Balaban J connectivity index is 1.96. The van der Waals surface area contributed by atoms with Gasteiger partial charge in [0.15, 0.2) is 0 Å². The van der Waals surface area contributed by atoms with Crippen LogP contribution in [-0.2, 0) is 0 Å². The molecule has 0 radical (unpaired) electrons. The van der Waals surface area contributed by atoms with Gasteiger partial charge in [0, 0.05) is 13.6 Å². The van der Waals surface area contributed by atoms with E-state index in [0.717, 1.165) is 18.2 Å². The van der Waals surface area contributed by atoms with Crippen LogP contribution in [0.15, 0.2) is 18.2 Å². The molecule has 2 rings (SSSR count). The van der Waals surface area contributed by atoms with Gasteiger partial charge in [-0.05, 0) is 24.5 Å².